The van der Waals surface area contributed by atoms with Crippen LogP contribution in [0.2, 0.25) is 0 Å². The van der Waals surface area contributed by atoms with E-state index < -0.39 is 6.10 Å². The lowest BCUT2D eigenvalue weighted by Crippen LogP contribution is -2.47. The number of piperidine rings is 1. The number of aliphatic hydroxyl groups is 1. The van der Waals surface area contributed by atoms with Gasteiger partial charge in [-0.05, 0) is 69.3 Å². The van der Waals surface area contributed by atoms with Gasteiger partial charge in [0.05, 0.1) is 24.5 Å². The Morgan fingerprint density at radius 2 is 2.22 bits per heavy atom. The van der Waals surface area contributed by atoms with Gasteiger partial charge in [0.1, 0.15) is 22.9 Å². The molecule has 1 atom stereocenters. The molecule has 1 unspecified atom stereocenters. The minimum atomic E-state index is -0.706. The maximum Gasteiger partial charge on any atom is 0.163 e. The molecule has 0 amide bonds. The van der Waals surface area contributed by atoms with Crippen LogP contribution < -0.4 is 15.8 Å². The number of nitriles is 1. The number of aromatic nitrogens is 3. The van der Waals surface area contributed by atoms with E-state index in [1.807, 2.05) is 25.3 Å². The van der Waals surface area contributed by atoms with Crippen LogP contribution >= 0.6 is 0 Å². The fraction of sp³-hybridized carbons (Fsp3) is 0.407. The molecule has 9 heteroatoms. The number of nitrogens with zero attached hydrogens (tertiary/aromatic N) is 5. The van der Waals surface area contributed by atoms with Crippen LogP contribution in [-0.2, 0) is 0 Å². The molecule has 0 radical (unpaired) electrons. The lowest BCUT2D eigenvalue weighted by molar-refractivity contribution is 0.0645. The van der Waals surface area contributed by atoms with Crippen LogP contribution in [0.1, 0.15) is 55.5 Å². The Balaban J connectivity index is 1.46. The lowest BCUT2D eigenvalue weighted by atomic mass is 9.61. The number of ether oxygens (including phenoxy) is 1. The van der Waals surface area contributed by atoms with Crippen molar-refractivity contribution >= 4 is 16.8 Å². The number of aliphatic hydroxyl groups excluding tert-OH is 1. The highest BCUT2D eigenvalue weighted by atomic mass is 16.5. The zero-order valence-electron chi connectivity index (χ0n) is 20.4. The molecule has 2 fully saturated rings. The number of hydrogen-bond donors (Lipinski definition) is 3. The number of nitrogens with two attached hydrogens (primary N) is 1. The summed E-state index contributed by atoms with van der Waals surface area (Å²) in [5.41, 5.74) is 10.4. The van der Waals surface area contributed by atoms with Crippen molar-refractivity contribution in [3.8, 4) is 11.8 Å². The molecule has 9 nitrogen and oxygen atoms in total. The third-order valence-electron chi connectivity index (χ3n) is 7.40. The zero-order valence-corrected chi connectivity index (χ0v) is 20.4. The smallest absolute Gasteiger partial charge is 0.163 e. The normalized spacial score (nSPS) is 19.1. The molecular formula is C27H31N7O2. The summed E-state index contributed by atoms with van der Waals surface area (Å²) in [6.45, 7) is 3.88. The van der Waals surface area contributed by atoms with Crippen LogP contribution in [0.15, 0.2) is 54.0 Å². The highest BCUT2D eigenvalue weighted by Gasteiger charge is 2.44. The highest BCUT2D eigenvalue weighted by Crippen LogP contribution is 2.49. The number of hydrogen-bond acceptors (Lipinski definition) is 8. The number of nitrogens with one attached hydrogen (secondary N) is 1. The Kier molecular flexibility index (Phi) is 6.72. The Bertz CT molecular complexity index is 1330. The van der Waals surface area contributed by atoms with Crippen molar-refractivity contribution in [2.24, 2.45) is 16.1 Å². The van der Waals surface area contributed by atoms with Crippen LogP contribution in [0.5, 0.6) is 5.75 Å². The molecule has 1 saturated carbocycles. The summed E-state index contributed by atoms with van der Waals surface area (Å²) in [6, 6.07) is 9.73. The van der Waals surface area contributed by atoms with Gasteiger partial charge in [0.2, 0.25) is 0 Å². The van der Waals surface area contributed by atoms with Gasteiger partial charge in [0.15, 0.2) is 6.10 Å². The Labute approximate surface area is 210 Å². The SMILES string of the molecule is CC(=NC1CC2(CCNCC2)C1)/C(=C\N)c1cc(OC(CO)c2ccccn2)c2c(C#N)cnn2c1. The average Bonchev–Trinajstić information content (AvgIpc) is 3.31. The summed E-state index contributed by atoms with van der Waals surface area (Å²) in [5, 5.41) is 27.5. The minimum Gasteiger partial charge on any atom is -0.479 e. The third kappa shape index (κ3) is 4.57. The van der Waals surface area contributed by atoms with Crippen molar-refractivity contribution in [3.05, 3.63) is 65.9 Å². The lowest BCUT2D eigenvalue weighted by Gasteiger charge is -2.49. The fourth-order valence-corrected chi connectivity index (χ4v) is 5.48. The molecule has 3 aromatic heterocycles. The molecule has 36 heavy (non-hydrogen) atoms. The number of fused-ring (bicyclic) bond motifs is 1. The van der Waals surface area contributed by atoms with Gasteiger partial charge < -0.3 is 20.9 Å². The van der Waals surface area contributed by atoms with Gasteiger partial charge >= 0.3 is 0 Å². The first-order chi connectivity index (χ1) is 17.6. The summed E-state index contributed by atoms with van der Waals surface area (Å²) < 4.78 is 7.84. The molecule has 1 aliphatic heterocycles. The van der Waals surface area contributed by atoms with E-state index in [1.54, 1.807) is 29.0 Å². The van der Waals surface area contributed by atoms with E-state index in [1.165, 1.54) is 19.0 Å². The number of rotatable bonds is 7. The largest absolute Gasteiger partial charge is 0.479 e. The van der Waals surface area contributed by atoms with E-state index in [4.69, 9.17) is 15.5 Å². The predicted octanol–water partition coefficient (Wildman–Crippen LogP) is 3.01. The first kappa shape index (κ1) is 24.0. The summed E-state index contributed by atoms with van der Waals surface area (Å²) >= 11 is 0. The van der Waals surface area contributed by atoms with Crippen molar-refractivity contribution < 1.29 is 9.84 Å². The van der Waals surface area contributed by atoms with Gasteiger partial charge in [-0.25, -0.2) is 4.52 Å². The summed E-state index contributed by atoms with van der Waals surface area (Å²) in [7, 11) is 0. The standard InChI is InChI=1S/C27H31N7O2/c1-18(33-21-11-27(12-21)5-8-30-9-6-27)22(14-29)19-10-24(26-20(13-28)15-32-34(26)16-19)36-25(17-35)23-4-2-3-7-31-23/h2-4,7,10,14-16,21,25,30,35H,5-6,8-9,11-12,17,29H2,1H3/b22-14+,33-18?. The van der Waals surface area contributed by atoms with E-state index in [9.17, 15) is 10.4 Å². The summed E-state index contributed by atoms with van der Waals surface area (Å²) in [5.74, 6) is 0.413. The zero-order chi connectivity index (χ0) is 25.1. The molecular weight excluding hydrogens is 454 g/mol. The summed E-state index contributed by atoms with van der Waals surface area (Å²) in [6.07, 6.45) is 10.5. The highest BCUT2D eigenvalue weighted by molar-refractivity contribution is 6.22. The van der Waals surface area contributed by atoms with Crippen LogP contribution in [0.25, 0.3) is 11.1 Å². The number of pyridine rings is 2. The second kappa shape index (κ2) is 10.1. The van der Waals surface area contributed by atoms with Gasteiger partial charge in [-0.15, -0.1) is 0 Å². The first-order valence-corrected chi connectivity index (χ1v) is 12.3. The second-order valence-corrected chi connectivity index (χ2v) is 9.71. The van der Waals surface area contributed by atoms with Crippen molar-refractivity contribution in [2.75, 3.05) is 19.7 Å². The Morgan fingerprint density at radius 1 is 1.42 bits per heavy atom. The fourth-order valence-electron chi connectivity index (χ4n) is 5.48. The van der Waals surface area contributed by atoms with Gasteiger partial charge in [-0.1, -0.05) is 6.07 Å². The van der Waals surface area contributed by atoms with Crippen LogP contribution in [-0.4, -0.2) is 51.2 Å². The number of allylic oxidation sites excluding steroid dienone is 1. The molecule has 0 bridgehead atoms. The molecule has 0 aromatic carbocycles. The molecule has 3 aromatic rings. The number of aliphatic imine (C=N–C) groups is 1. The van der Waals surface area contributed by atoms with E-state index in [-0.39, 0.29) is 6.61 Å². The molecule has 1 spiro atoms. The van der Waals surface area contributed by atoms with Crippen molar-refractivity contribution in [2.45, 2.75) is 44.8 Å². The van der Waals surface area contributed by atoms with Crippen molar-refractivity contribution in [1.82, 2.24) is 19.9 Å². The molecule has 4 heterocycles. The molecule has 186 valence electrons. The first-order valence-electron chi connectivity index (χ1n) is 12.3. The van der Waals surface area contributed by atoms with Crippen LogP contribution in [0.4, 0.5) is 0 Å². The third-order valence-corrected chi connectivity index (χ3v) is 7.40. The molecule has 4 N–H and O–H groups in total. The van der Waals surface area contributed by atoms with Crippen LogP contribution in [0, 0.1) is 16.7 Å². The second-order valence-electron chi connectivity index (χ2n) is 9.71. The maximum absolute atomic E-state index is 10.0. The van der Waals surface area contributed by atoms with Gasteiger partial charge in [-0.3, -0.25) is 9.98 Å². The monoisotopic (exact) mass is 485 g/mol. The minimum absolute atomic E-state index is 0.275. The predicted molar refractivity (Wildman–Crippen MR) is 137 cm³/mol. The molecule has 2 aliphatic rings. The van der Waals surface area contributed by atoms with Crippen LogP contribution in [0.3, 0.4) is 0 Å². The van der Waals surface area contributed by atoms with E-state index >= 15 is 0 Å². The molecule has 1 aliphatic carbocycles. The molecule has 1 saturated heterocycles. The Hall–Kier alpha value is -3.74. The quantitative estimate of drug-likeness (QED) is 0.438. The Morgan fingerprint density at radius 3 is 2.89 bits per heavy atom. The summed E-state index contributed by atoms with van der Waals surface area (Å²) in [4.78, 5) is 9.33. The van der Waals surface area contributed by atoms with E-state index in [2.05, 4.69) is 21.5 Å². The topological polar surface area (TPSA) is 134 Å². The van der Waals surface area contributed by atoms with Crippen molar-refractivity contribution in [1.29, 1.82) is 5.26 Å². The van der Waals surface area contributed by atoms with Gasteiger partial charge in [0, 0.05) is 35.4 Å². The van der Waals surface area contributed by atoms with Gasteiger partial charge in [-0.2, -0.15) is 10.4 Å². The van der Waals surface area contributed by atoms with Gasteiger partial charge in [0.25, 0.3) is 0 Å². The average molecular weight is 486 g/mol. The van der Waals surface area contributed by atoms with Crippen molar-refractivity contribution in [3.63, 3.8) is 0 Å². The van der Waals surface area contributed by atoms with E-state index in [0.29, 0.717) is 34.0 Å². The molecule has 5 rings (SSSR count). The maximum atomic E-state index is 10.0. The van der Waals surface area contributed by atoms with E-state index in [0.717, 1.165) is 42.8 Å².